The van der Waals surface area contributed by atoms with Gasteiger partial charge in [-0.25, -0.2) is 4.39 Å². The molecule has 1 aliphatic heterocycles. The maximum atomic E-state index is 13.3. The third-order valence-corrected chi connectivity index (χ3v) is 5.89. The van der Waals surface area contributed by atoms with Crippen LogP contribution in [0.1, 0.15) is 36.2 Å². The molecule has 31 heavy (non-hydrogen) atoms. The van der Waals surface area contributed by atoms with Crippen molar-refractivity contribution >= 4 is 23.4 Å². The fourth-order valence-corrected chi connectivity index (χ4v) is 3.99. The molecule has 1 N–H and O–H groups in total. The lowest BCUT2D eigenvalue weighted by Crippen LogP contribution is -2.52. The molecular weight excluding hydrogens is 417 g/mol. The molecule has 0 spiro atoms. The van der Waals surface area contributed by atoms with Crippen LogP contribution in [0.25, 0.3) is 0 Å². The van der Waals surface area contributed by atoms with Gasteiger partial charge in [0.25, 0.3) is 5.91 Å². The molecule has 2 aromatic rings. The minimum Gasteiger partial charge on any atom is -0.340 e. The Bertz CT molecular complexity index is 904. The summed E-state index contributed by atoms with van der Waals surface area (Å²) in [6, 6.07) is 12.7. The minimum atomic E-state index is -0.618. The van der Waals surface area contributed by atoms with Crippen LogP contribution >= 0.6 is 11.6 Å². The SMILES string of the molecule is CC(C)C(NC(=O)c1ccccc1Cl)C(=O)N1CCCN(Cc2ccc(F)cc2)CC1. The van der Waals surface area contributed by atoms with Gasteiger partial charge in [0.1, 0.15) is 11.9 Å². The molecule has 2 aromatic carbocycles. The van der Waals surface area contributed by atoms with Crippen LogP contribution < -0.4 is 5.32 Å². The molecule has 3 rings (SSSR count). The van der Waals surface area contributed by atoms with Crippen LogP contribution in [0.3, 0.4) is 0 Å². The summed E-state index contributed by atoms with van der Waals surface area (Å²) in [4.78, 5) is 30.1. The van der Waals surface area contributed by atoms with Gasteiger partial charge in [-0.15, -0.1) is 0 Å². The lowest BCUT2D eigenvalue weighted by Gasteiger charge is -2.29. The first-order valence-electron chi connectivity index (χ1n) is 10.7. The second-order valence-electron chi connectivity index (χ2n) is 8.26. The first-order valence-corrected chi connectivity index (χ1v) is 11.0. The van der Waals surface area contributed by atoms with Gasteiger partial charge in [-0.2, -0.15) is 0 Å². The fourth-order valence-electron chi connectivity index (χ4n) is 3.77. The highest BCUT2D eigenvalue weighted by atomic mass is 35.5. The number of nitrogens with one attached hydrogen (secondary N) is 1. The molecule has 0 saturated carbocycles. The Morgan fingerprint density at radius 3 is 2.42 bits per heavy atom. The van der Waals surface area contributed by atoms with Gasteiger partial charge in [-0.1, -0.05) is 49.7 Å². The van der Waals surface area contributed by atoms with Crippen molar-refractivity contribution in [1.29, 1.82) is 0 Å². The van der Waals surface area contributed by atoms with Gasteiger partial charge in [0.05, 0.1) is 10.6 Å². The summed E-state index contributed by atoms with van der Waals surface area (Å²) in [6.07, 6.45) is 0.843. The number of nitrogens with zero attached hydrogens (tertiary/aromatic N) is 2. The van der Waals surface area contributed by atoms with Gasteiger partial charge < -0.3 is 10.2 Å². The zero-order valence-corrected chi connectivity index (χ0v) is 18.7. The number of halogens is 2. The molecule has 2 amide bonds. The van der Waals surface area contributed by atoms with E-state index in [0.717, 1.165) is 31.6 Å². The van der Waals surface area contributed by atoms with E-state index in [2.05, 4.69) is 10.2 Å². The van der Waals surface area contributed by atoms with Gasteiger partial charge in [-0.3, -0.25) is 14.5 Å². The Labute approximate surface area is 188 Å². The second kappa shape index (κ2) is 10.7. The number of rotatable bonds is 6. The number of hydrogen-bond acceptors (Lipinski definition) is 3. The molecule has 1 heterocycles. The lowest BCUT2D eigenvalue weighted by atomic mass is 10.0. The Morgan fingerprint density at radius 1 is 1.03 bits per heavy atom. The topological polar surface area (TPSA) is 52.7 Å². The molecule has 7 heteroatoms. The van der Waals surface area contributed by atoms with Crippen LogP contribution in [0.15, 0.2) is 48.5 Å². The molecule has 0 bridgehead atoms. The van der Waals surface area contributed by atoms with Crippen molar-refractivity contribution in [3.05, 3.63) is 70.5 Å². The van der Waals surface area contributed by atoms with Gasteiger partial charge >= 0.3 is 0 Å². The Kier molecular flexibility index (Phi) is 8.04. The Balaban J connectivity index is 1.62. The van der Waals surface area contributed by atoms with Crippen molar-refractivity contribution in [3.63, 3.8) is 0 Å². The van der Waals surface area contributed by atoms with E-state index in [9.17, 15) is 14.0 Å². The van der Waals surface area contributed by atoms with Crippen molar-refractivity contribution in [2.24, 2.45) is 5.92 Å². The smallest absolute Gasteiger partial charge is 0.253 e. The number of hydrogen-bond donors (Lipinski definition) is 1. The molecule has 1 aliphatic rings. The van der Waals surface area contributed by atoms with Gasteiger partial charge in [-0.05, 0) is 42.2 Å². The van der Waals surface area contributed by atoms with Crippen molar-refractivity contribution in [2.45, 2.75) is 32.9 Å². The number of carbonyl (C=O) groups excluding carboxylic acids is 2. The van der Waals surface area contributed by atoms with Crippen LogP contribution in [0, 0.1) is 11.7 Å². The first-order chi connectivity index (χ1) is 14.8. The zero-order chi connectivity index (χ0) is 22.4. The van der Waals surface area contributed by atoms with Crippen LogP contribution in [0.4, 0.5) is 4.39 Å². The van der Waals surface area contributed by atoms with Crippen molar-refractivity contribution < 1.29 is 14.0 Å². The maximum Gasteiger partial charge on any atom is 0.253 e. The number of amides is 2. The van der Waals surface area contributed by atoms with E-state index in [-0.39, 0.29) is 23.5 Å². The molecule has 0 aliphatic carbocycles. The third kappa shape index (κ3) is 6.28. The highest BCUT2D eigenvalue weighted by Gasteiger charge is 2.30. The minimum absolute atomic E-state index is 0.0579. The second-order valence-corrected chi connectivity index (χ2v) is 8.66. The molecule has 1 unspecified atom stereocenters. The molecule has 1 fully saturated rings. The van der Waals surface area contributed by atoms with Crippen LogP contribution in [-0.2, 0) is 11.3 Å². The highest BCUT2D eigenvalue weighted by Crippen LogP contribution is 2.17. The van der Waals surface area contributed by atoms with E-state index >= 15 is 0 Å². The average molecular weight is 446 g/mol. The largest absolute Gasteiger partial charge is 0.340 e. The van der Waals surface area contributed by atoms with Crippen LogP contribution in [0.2, 0.25) is 5.02 Å². The van der Waals surface area contributed by atoms with Gasteiger partial charge in [0, 0.05) is 32.7 Å². The van der Waals surface area contributed by atoms with E-state index in [1.54, 1.807) is 36.4 Å². The maximum absolute atomic E-state index is 13.3. The zero-order valence-electron chi connectivity index (χ0n) is 18.0. The summed E-state index contributed by atoms with van der Waals surface area (Å²) in [7, 11) is 0. The first kappa shape index (κ1) is 23.2. The molecule has 5 nitrogen and oxygen atoms in total. The molecular formula is C24H29ClFN3O2. The third-order valence-electron chi connectivity index (χ3n) is 5.56. The van der Waals surface area contributed by atoms with Crippen molar-refractivity contribution in [3.8, 4) is 0 Å². The molecule has 1 atom stereocenters. The summed E-state index contributed by atoms with van der Waals surface area (Å²) in [6.45, 7) is 7.39. The Morgan fingerprint density at radius 2 is 1.74 bits per heavy atom. The quantitative estimate of drug-likeness (QED) is 0.732. The van der Waals surface area contributed by atoms with E-state index in [0.29, 0.717) is 23.7 Å². The summed E-state index contributed by atoms with van der Waals surface area (Å²) < 4.78 is 13.1. The van der Waals surface area contributed by atoms with Crippen molar-refractivity contribution in [2.75, 3.05) is 26.2 Å². The fraction of sp³-hybridized carbons (Fsp3) is 0.417. The summed E-state index contributed by atoms with van der Waals surface area (Å²) in [5, 5.41) is 3.25. The van der Waals surface area contributed by atoms with Crippen LogP contribution in [0.5, 0.6) is 0 Å². The van der Waals surface area contributed by atoms with E-state index < -0.39 is 6.04 Å². The van der Waals surface area contributed by atoms with Crippen molar-refractivity contribution in [1.82, 2.24) is 15.1 Å². The normalized spacial score (nSPS) is 16.1. The molecule has 166 valence electrons. The molecule has 0 aromatic heterocycles. The van der Waals surface area contributed by atoms with Gasteiger partial charge in [0.2, 0.25) is 5.91 Å². The Hall–Kier alpha value is -2.44. The summed E-state index contributed by atoms with van der Waals surface area (Å²) in [5.41, 5.74) is 1.41. The molecule has 1 saturated heterocycles. The van der Waals surface area contributed by atoms with E-state index in [1.165, 1.54) is 12.1 Å². The summed E-state index contributed by atoms with van der Waals surface area (Å²) in [5.74, 6) is -0.711. The number of benzene rings is 2. The van der Waals surface area contributed by atoms with E-state index in [1.807, 2.05) is 18.7 Å². The predicted octanol–water partition coefficient (Wildman–Crippen LogP) is 3.97. The van der Waals surface area contributed by atoms with Crippen LogP contribution in [-0.4, -0.2) is 53.8 Å². The van der Waals surface area contributed by atoms with E-state index in [4.69, 9.17) is 11.6 Å². The standard InChI is InChI=1S/C24H29ClFN3O2/c1-17(2)22(27-23(30)20-6-3-4-7-21(20)25)24(31)29-13-5-12-28(14-15-29)16-18-8-10-19(26)11-9-18/h3-4,6-11,17,22H,5,12-16H2,1-2H3,(H,27,30). The number of carbonyl (C=O) groups is 2. The highest BCUT2D eigenvalue weighted by molar-refractivity contribution is 6.33. The predicted molar refractivity (Wildman–Crippen MR) is 120 cm³/mol. The average Bonchev–Trinajstić information content (AvgIpc) is 2.99. The molecule has 0 radical (unpaired) electrons. The monoisotopic (exact) mass is 445 g/mol. The lowest BCUT2D eigenvalue weighted by molar-refractivity contribution is -0.134. The summed E-state index contributed by atoms with van der Waals surface area (Å²) >= 11 is 6.14. The van der Waals surface area contributed by atoms with Gasteiger partial charge in [0.15, 0.2) is 0 Å².